The van der Waals surface area contributed by atoms with Gasteiger partial charge in [-0.05, 0) is 36.5 Å². The van der Waals surface area contributed by atoms with E-state index >= 15 is 0 Å². The van der Waals surface area contributed by atoms with E-state index in [0.29, 0.717) is 11.1 Å². The summed E-state index contributed by atoms with van der Waals surface area (Å²) in [6.45, 7) is 0.901. The Kier molecular flexibility index (Phi) is 3.72. The maximum Gasteiger partial charge on any atom is 0.161 e. The SMILES string of the molecule is Fc1cc(NC2=NCC3(CCCC3)CS2)ccc1Cl. The molecule has 1 heterocycles. The highest BCUT2D eigenvalue weighted by Crippen LogP contribution is 2.43. The van der Waals surface area contributed by atoms with Gasteiger partial charge in [0, 0.05) is 18.0 Å². The number of rotatable bonds is 1. The van der Waals surface area contributed by atoms with E-state index in [-0.39, 0.29) is 5.02 Å². The van der Waals surface area contributed by atoms with Crippen molar-refractivity contribution in [2.24, 2.45) is 10.4 Å². The molecule has 0 radical (unpaired) electrons. The van der Waals surface area contributed by atoms with Crippen molar-refractivity contribution in [1.29, 1.82) is 0 Å². The zero-order valence-electron chi connectivity index (χ0n) is 10.6. The minimum absolute atomic E-state index is 0.147. The normalized spacial score (nSPS) is 21.5. The third kappa shape index (κ3) is 2.90. The summed E-state index contributed by atoms with van der Waals surface area (Å²) in [5.74, 6) is 0.717. The van der Waals surface area contributed by atoms with E-state index < -0.39 is 5.82 Å². The van der Waals surface area contributed by atoms with Gasteiger partial charge in [0.15, 0.2) is 5.17 Å². The Bertz CT molecular complexity index is 512. The summed E-state index contributed by atoms with van der Waals surface area (Å²) < 4.78 is 13.4. The maximum absolute atomic E-state index is 13.4. The third-order valence-electron chi connectivity index (χ3n) is 3.91. The van der Waals surface area contributed by atoms with Crippen LogP contribution in [0.1, 0.15) is 25.7 Å². The summed E-state index contributed by atoms with van der Waals surface area (Å²) in [4.78, 5) is 4.63. The molecule has 1 aliphatic carbocycles. The lowest BCUT2D eigenvalue weighted by atomic mass is 9.89. The molecular formula is C14H16ClFN2S. The highest BCUT2D eigenvalue weighted by Gasteiger charge is 2.36. The molecule has 0 unspecified atom stereocenters. The molecule has 1 fully saturated rings. The molecule has 0 amide bonds. The summed E-state index contributed by atoms with van der Waals surface area (Å²) in [5, 5.41) is 4.20. The topological polar surface area (TPSA) is 24.4 Å². The Balaban J connectivity index is 1.67. The molecule has 0 aromatic heterocycles. The van der Waals surface area contributed by atoms with Crippen molar-refractivity contribution in [3.63, 3.8) is 0 Å². The first-order valence-corrected chi connectivity index (χ1v) is 7.93. The molecule has 2 aliphatic rings. The molecule has 1 spiro atoms. The van der Waals surface area contributed by atoms with Crippen LogP contribution in [0.4, 0.5) is 10.1 Å². The summed E-state index contributed by atoms with van der Waals surface area (Å²) in [7, 11) is 0. The molecule has 102 valence electrons. The molecule has 2 nitrogen and oxygen atoms in total. The van der Waals surface area contributed by atoms with Crippen LogP contribution in [0.5, 0.6) is 0 Å². The van der Waals surface area contributed by atoms with Gasteiger partial charge < -0.3 is 5.32 Å². The molecule has 1 N–H and O–H groups in total. The minimum atomic E-state index is -0.402. The predicted octanol–water partition coefficient (Wildman–Crippen LogP) is 4.55. The highest BCUT2D eigenvalue weighted by molar-refractivity contribution is 8.14. The first-order valence-electron chi connectivity index (χ1n) is 6.56. The second-order valence-electron chi connectivity index (χ2n) is 5.37. The lowest BCUT2D eigenvalue weighted by Crippen LogP contribution is -2.30. The molecule has 1 aromatic rings. The third-order valence-corrected chi connectivity index (χ3v) is 5.48. The molecule has 1 aliphatic heterocycles. The van der Waals surface area contributed by atoms with E-state index in [1.165, 1.54) is 31.7 Å². The Morgan fingerprint density at radius 2 is 2.11 bits per heavy atom. The molecule has 0 atom stereocenters. The fraction of sp³-hybridized carbons (Fsp3) is 0.500. The van der Waals surface area contributed by atoms with E-state index in [1.807, 2.05) is 0 Å². The number of thioether (sulfide) groups is 1. The van der Waals surface area contributed by atoms with Gasteiger partial charge in [0.25, 0.3) is 0 Å². The lowest BCUT2D eigenvalue weighted by molar-refractivity contribution is 0.359. The van der Waals surface area contributed by atoms with Gasteiger partial charge >= 0.3 is 0 Å². The number of nitrogens with one attached hydrogen (secondary N) is 1. The van der Waals surface area contributed by atoms with Crippen molar-refractivity contribution >= 4 is 34.2 Å². The van der Waals surface area contributed by atoms with Gasteiger partial charge in [-0.1, -0.05) is 36.2 Å². The number of hydrogen-bond acceptors (Lipinski definition) is 3. The molecule has 0 saturated heterocycles. The van der Waals surface area contributed by atoms with Crippen molar-refractivity contribution in [2.75, 3.05) is 17.6 Å². The van der Waals surface area contributed by atoms with Crippen LogP contribution in [-0.4, -0.2) is 17.5 Å². The molecule has 0 bridgehead atoms. The second kappa shape index (κ2) is 5.33. The number of amidine groups is 1. The lowest BCUT2D eigenvalue weighted by Gasteiger charge is -2.31. The Morgan fingerprint density at radius 1 is 1.32 bits per heavy atom. The second-order valence-corrected chi connectivity index (χ2v) is 6.74. The number of anilines is 1. The van der Waals surface area contributed by atoms with Gasteiger partial charge in [-0.15, -0.1) is 0 Å². The largest absolute Gasteiger partial charge is 0.335 e. The number of hydrogen-bond donors (Lipinski definition) is 1. The molecule has 5 heteroatoms. The molecule has 19 heavy (non-hydrogen) atoms. The van der Waals surface area contributed by atoms with Gasteiger partial charge in [-0.25, -0.2) is 4.39 Å². The molecule has 1 aromatic carbocycles. The monoisotopic (exact) mass is 298 g/mol. The van der Waals surface area contributed by atoms with Crippen molar-refractivity contribution in [3.05, 3.63) is 29.0 Å². The Hall–Kier alpha value is -0.740. The van der Waals surface area contributed by atoms with E-state index in [1.54, 1.807) is 23.9 Å². The first-order chi connectivity index (χ1) is 9.17. The number of halogens is 2. The maximum atomic E-state index is 13.4. The summed E-state index contributed by atoms with van der Waals surface area (Å²) in [6, 6.07) is 4.74. The number of benzene rings is 1. The van der Waals surface area contributed by atoms with Crippen molar-refractivity contribution in [3.8, 4) is 0 Å². The van der Waals surface area contributed by atoms with E-state index in [4.69, 9.17) is 11.6 Å². The Labute approximate surface area is 121 Å². The highest BCUT2D eigenvalue weighted by atomic mass is 35.5. The van der Waals surface area contributed by atoms with Crippen LogP contribution in [0.25, 0.3) is 0 Å². The van der Waals surface area contributed by atoms with Gasteiger partial charge in [0.05, 0.1) is 5.02 Å². The van der Waals surface area contributed by atoms with Crippen LogP contribution in [0.2, 0.25) is 5.02 Å². The molecular weight excluding hydrogens is 283 g/mol. The predicted molar refractivity (Wildman–Crippen MR) is 80.7 cm³/mol. The zero-order valence-corrected chi connectivity index (χ0v) is 12.2. The van der Waals surface area contributed by atoms with E-state index in [0.717, 1.165) is 17.5 Å². The average Bonchev–Trinajstić information content (AvgIpc) is 2.86. The number of aliphatic imine (C=N–C) groups is 1. The van der Waals surface area contributed by atoms with Crippen LogP contribution in [0, 0.1) is 11.2 Å². The molecule has 1 saturated carbocycles. The van der Waals surface area contributed by atoms with Gasteiger partial charge in [0.2, 0.25) is 0 Å². The van der Waals surface area contributed by atoms with Gasteiger partial charge in [0.1, 0.15) is 5.82 Å². The van der Waals surface area contributed by atoms with Crippen molar-refractivity contribution in [1.82, 2.24) is 0 Å². The fourth-order valence-electron chi connectivity index (χ4n) is 2.75. The Morgan fingerprint density at radius 3 is 2.74 bits per heavy atom. The fourth-order valence-corrected chi connectivity index (χ4v) is 4.04. The molecule has 3 rings (SSSR count). The van der Waals surface area contributed by atoms with Crippen LogP contribution in [0.3, 0.4) is 0 Å². The average molecular weight is 299 g/mol. The quantitative estimate of drug-likeness (QED) is 0.822. The van der Waals surface area contributed by atoms with Crippen LogP contribution >= 0.6 is 23.4 Å². The van der Waals surface area contributed by atoms with Crippen LogP contribution in [0.15, 0.2) is 23.2 Å². The minimum Gasteiger partial charge on any atom is -0.335 e. The zero-order chi connectivity index (χ0) is 13.3. The first kappa shape index (κ1) is 13.3. The van der Waals surface area contributed by atoms with Crippen LogP contribution < -0.4 is 5.32 Å². The van der Waals surface area contributed by atoms with Gasteiger partial charge in [-0.3, -0.25) is 4.99 Å². The van der Waals surface area contributed by atoms with Crippen molar-refractivity contribution < 1.29 is 4.39 Å². The smallest absolute Gasteiger partial charge is 0.161 e. The van der Waals surface area contributed by atoms with Gasteiger partial charge in [-0.2, -0.15) is 0 Å². The van der Waals surface area contributed by atoms with Crippen LogP contribution in [-0.2, 0) is 0 Å². The van der Waals surface area contributed by atoms with E-state index in [9.17, 15) is 4.39 Å². The summed E-state index contributed by atoms with van der Waals surface area (Å²) in [6.07, 6.45) is 5.27. The van der Waals surface area contributed by atoms with E-state index in [2.05, 4.69) is 10.3 Å². The summed E-state index contributed by atoms with van der Waals surface area (Å²) in [5.41, 5.74) is 1.14. The summed E-state index contributed by atoms with van der Waals surface area (Å²) >= 11 is 7.41. The number of nitrogens with zero attached hydrogens (tertiary/aromatic N) is 1. The van der Waals surface area contributed by atoms with Crippen molar-refractivity contribution in [2.45, 2.75) is 25.7 Å². The standard InChI is InChI=1S/C14H16ClFN2S/c15-11-4-3-10(7-12(11)16)18-13-17-8-14(9-19-13)5-1-2-6-14/h3-4,7H,1-2,5-6,8-9H2,(H,17,18).